The molecule has 2 aromatic heterocycles. The normalized spacial score (nSPS) is 20.1. The number of nitrogens with one attached hydrogen (secondary N) is 1. The Morgan fingerprint density at radius 1 is 1.17 bits per heavy atom. The Morgan fingerprint density at radius 2 is 1.92 bits per heavy atom. The van der Waals surface area contributed by atoms with Crippen molar-refractivity contribution in [1.82, 2.24) is 29.2 Å². The van der Waals surface area contributed by atoms with Crippen molar-refractivity contribution in [3.05, 3.63) is 44.9 Å². The van der Waals surface area contributed by atoms with Crippen LogP contribution in [0.1, 0.15) is 33.7 Å². The van der Waals surface area contributed by atoms with Crippen molar-refractivity contribution >= 4 is 55.6 Å². The smallest absolute Gasteiger partial charge is 0.283 e. The number of aromatic nitrogens is 2. The number of hydrazine groups is 1. The average Bonchev–Trinajstić information content (AvgIpc) is 3.47. The van der Waals surface area contributed by atoms with Crippen LogP contribution in [0.2, 0.25) is 5.02 Å². The van der Waals surface area contributed by atoms with Crippen molar-refractivity contribution in [3.63, 3.8) is 0 Å². The lowest BCUT2D eigenvalue weighted by Gasteiger charge is -2.39. The van der Waals surface area contributed by atoms with Crippen LogP contribution in [-0.2, 0) is 27.9 Å². The highest BCUT2D eigenvalue weighted by Crippen LogP contribution is 2.29. The minimum Gasteiger partial charge on any atom is -0.345 e. The molecule has 0 saturated carbocycles. The molecule has 1 atom stereocenters. The first-order valence-electron chi connectivity index (χ1n) is 11.6. The van der Waals surface area contributed by atoms with Crippen molar-refractivity contribution in [2.24, 2.45) is 0 Å². The molecule has 0 aliphatic carbocycles. The van der Waals surface area contributed by atoms with Crippen LogP contribution in [0, 0.1) is 0 Å². The molecule has 3 aromatic rings. The third-order valence-electron chi connectivity index (χ3n) is 6.80. The number of aromatic amines is 1. The first-order valence-corrected chi connectivity index (χ1v) is 14.2. The summed E-state index contributed by atoms with van der Waals surface area (Å²) in [6.45, 7) is 3.06. The number of benzene rings is 1. The summed E-state index contributed by atoms with van der Waals surface area (Å²) < 4.78 is 28.2. The number of hydrogen-bond donors (Lipinski definition) is 1. The summed E-state index contributed by atoms with van der Waals surface area (Å²) in [5.74, 6) is -0.517. The largest absolute Gasteiger partial charge is 0.345 e. The van der Waals surface area contributed by atoms with Crippen LogP contribution in [0.5, 0.6) is 0 Å². The van der Waals surface area contributed by atoms with Gasteiger partial charge in [-0.25, -0.2) is 23.4 Å². The first-order chi connectivity index (χ1) is 17.1. The van der Waals surface area contributed by atoms with E-state index >= 15 is 0 Å². The minimum atomic E-state index is -3.92. The number of sulfonamides is 1. The zero-order chi connectivity index (χ0) is 25.8. The predicted molar refractivity (Wildman–Crippen MR) is 137 cm³/mol. The lowest BCUT2D eigenvalue weighted by Crippen LogP contribution is -2.59. The molecule has 2 aliphatic heterocycles. The van der Waals surface area contributed by atoms with Gasteiger partial charge in [-0.2, -0.15) is 4.31 Å². The Hall–Kier alpha value is -2.35. The quantitative estimate of drug-likeness (QED) is 0.520. The molecule has 13 heteroatoms. The van der Waals surface area contributed by atoms with Gasteiger partial charge in [-0.05, 0) is 24.3 Å². The molecule has 36 heavy (non-hydrogen) atoms. The molecule has 4 heterocycles. The first kappa shape index (κ1) is 25.3. The molecule has 10 nitrogen and oxygen atoms in total. The van der Waals surface area contributed by atoms with E-state index in [0.717, 1.165) is 10.6 Å². The fraction of sp³-hybridized carbons (Fsp3) is 0.435. The topological polar surface area (TPSA) is 110 Å². The number of carbonyl (C=O) groups excluding carboxylic acids is 2. The average molecular weight is 551 g/mol. The zero-order valence-corrected chi connectivity index (χ0v) is 22.6. The Bertz CT molecular complexity index is 1420. The summed E-state index contributed by atoms with van der Waals surface area (Å²) in [7, 11) is 0.0140. The van der Waals surface area contributed by atoms with Crippen LogP contribution >= 0.6 is 22.9 Å². The van der Waals surface area contributed by atoms with E-state index in [1.807, 2.05) is 19.1 Å². The van der Waals surface area contributed by atoms with Crippen LogP contribution in [0.25, 0.3) is 10.9 Å². The maximum Gasteiger partial charge on any atom is 0.283 e. The van der Waals surface area contributed by atoms with Gasteiger partial charge in [-0.1, -0.05) is 18.5 Å². The molecule has 192 valence electrons. The third kappa shape index (κ3) is 4.46. The number of Topliss-reactive ketones (excluding diaryl/α,β-unsaturated/α-hetero) is 1. The van der Waals surface area contributed by atoms with E-state index in [-0.39, 0.29) is 42.8 Å². The number of amides is 1. The molecule has 5 rings (SSSR count). The molecular weight excluding hydrogens is 524 g/mol. The second kappa shape index (κ2) is 9.51. The lowest BCUT2D eigenvalue weighted by molar-refractivity contribution is -0.124. The van der Waals surface area contributed by atoms with E-state index in [9.17, 15) is 18.0 Å². The molecule has 1 N–H and O–H groups in total. The summed E-state index contributed by atoms with van der Waals surface area (Å²) >= 11 is 7.39. The molecule has 1 unspecified atom stereocenters. The second-order valence-corrected chi connectivity index (χ2v) is 12.5. The molecule has 1 saturated heterocycles. The molecule has 0 spiro atoms. The van der Waals surface area contributed by atoms with Crippen molar-refractivity contribution in [1.29, 1.82) is 0 Å². The Labute approximate surface area is 218 Å². The lowest BCUT2D eigenvalue weighted by atomic mass is 10.1. The van der Waals surface area contributed by atoms with Gasteiger partial charge < -0.3 is 9.88 Å². The fourth-order valence-corrected chi connectivity index (χ4v) is 7.30. The van der Waals surface area contributed by atoms with E-state index < -0.39 is 16.1 Å². The van der Waals surface area contributed by atoms with Gasteiger partial charge in [0.25, 0.3) is 15.9 Å². The number of rotatable bonds is 5. The number of piperazine rings is 1. The van der Waals surface area contributed by atoms with Gasteiger partial charge in [0.15, 0.2) is 10.8 Å². The molecule has 1 amide bonds. The standard InChI is InChI=1S/C23H27ClN6O4S2/c1-4-19(31)18-12-29(36(33,34)21-10-14-9-15(24)5-6-16(14)25-21)7-8-30(18)23(32)22-26-17-11-27(2)28(3)13-20(17)35-22/h5-6,9-10,18,25H,4,7-8,11-13H2,1-3H3. The highest BCUT2D eigenvalue weighted by atomic mass is 35.5. The summed E-state index contributed by atoms with van der Waals surface area (Å²) in [6, 6.07) is 5.76. The number of fused-ring (bicyclic) bond motifs is 2. The van der Waals surface area contributed by atoms with Crippen LogP contribution < -0.4 is 0 Å². The van der Waals surface area contributed by atoms with Gasteiger partial charge in [-0.3, -0.25) is 9.59 Å². The van der Waals surface area contributed by atoms with Crippen LogP contribution in [-0.4, -0.2) is 89.1 Å². The number of halogens is 1. The predicted octanol–water partition coefficient (Wildman–Crippen LogP) is 2.56. The molecular formula is C23H27ClN6O4S2. The number of nitrogens with zero attached hydrogens (tertiary/aromatic N) is 5. The number of H-pyrrole nitrogens is 1. The van der Waals surface area contributed by atoms with Crippen molar-refractivity contribution in [2.75, 3.05) is 33.7 Å². The summed E-state index contributed by atoms with van der Waals surface area (Å²) in [5, 5.41) is 5.64. The van der Waals surface area contributed by atoms with E-state index in [1.54, 1.807) is 31.2 Å². The highest BCUT2D eigenvalue weighted by Gasteiger charge is 2.41. The van der Waals surface area contributed by atoms with E-state index in [2.05, 4.69) is 15.0 Å². The number of hydrogen-bond acceptors (Lipinski definition) is 8. The SMILES string of the molecule is CCC(=O)C1CN(S(=O)(=O)c2cc3cc(Cl)ccc3[nH]2)CCN1C(=O)c1nc2c(s1)CN(C)N(C)C2. The Balaban J connectivity index is 1.40. The van der Waals surface area contributed by atoms with Crippen molar-refractivity contribution < 1.29 is 18.0 Å². The third-order valence-corrected chi connectivity index (χ3v) is 9.89. The summed E-state index contributed by atoms with van der Waals surface area (Å²) in [5.41, 5.74) is 1.51. The molecule has 0 radical (unpaired) electrons. The second-order valence-electron chi connectivity index (χ2n) is 9.08. The van der Waals surface area contributed by atoms with Gasteiger partial charge in [0.2, 0.25) is 0 Å². The molecule has 1 aromatic carbocycles. The van der Waals surface area contributed by atoms with Gasteiger partial charge in [0, 0.05) is 67.5 Å². The van der Waals surface area contributed by atoms with Gasteiger partial charge in [0.1, 0.15) is 11.1 Å². The Morgan fingerprint density at radius 3 is 2.67 bits per heavy atom. The molecule has 0 bridgehead atoms. The number of carbonyl (C=O) groups is 2. The van der Waals surface area contributed by atoms with E-state index in [0.29, 0.717) is 34.0 Å². The molecule has 1 fully saturated rings. The maximum atomic E-state index is 13.5. The fourth-order valence-electron chi connectivity index (χ4n) is 4.60. The number of thiazole rings is 1. The van der Waals surface area contributed by atoms with Crippen LogP contribution in [0.3, 0.4) is 0 Å². The van der Waals surface area contributed by atoms with E-state index in [1.165, 1.54) is 20.5 Å². The molecule has 2 aliphatic rings. The Kier molecular flexibility index (Phi) is 6.68. The zero-order valence-electron chi connectivity index (χ0n) is 20.2. The van der Waals surface area contributed by atoms with Gasteiger partial charge >= 0.3 is 0 Å². The van der Waals surface area contributed by atoms with Gasteiger partial charge in [0.05, 0.1) is 12.2 Å². The van der Waals surface area contributed by atoms with Gasteiger partial charge in [-0.15, -0.1) is 11.3 Å². The van der Waals surface area contributed by atoms with Crippen LogP contribution in [0.4, 0.5) is 0 Å². The summed E-state index contributed by atoms with van der Waals surface area (Å²) in [6.07, 6.45) is 0.192. The summed E-state index contributed by atoms with van der Waals surface area (Å²) in [4.78, 5) is 36.4. The monoisotopic (exact) mass is 550 g/mol. The highest BCUT2D eigenvalue weighted by molar-refractivity contribution is 7.89. The number of ketones is 1. The van der Waals surface area contributed by atoms with E-state index in [4.69, 9.17) is 11.6 Å². The van der Waals surface area contributed by atoms with Crippen LogP contribution in [0.15, 0.2) is 29.3 Å². The van der Waals surface area contributed by atoms with Crippen molar-refractivity contribution in [2.45, 2.75) is 37.5 Å². The minimum absolute atomic E-state index is 0.0306. The maximum absolute atomic E-state index is 13.5. The van der Waals surface area contributed by atoms with Crippen molar-refractivity contribution in [3.8, 4) is 0 Å².